The minimum absolute atomic E-state index is 0.0315. The van der Waals surface area contributed by atoms with Gasteiger partial charge in [-0.2, -0.15) is 26.3 Å². The van der Waals surface area contributed by atoms with Crippen molar-refractivity contribution in [1.29, 1.82) is 0 Å². The van der Waals surface area contributed by atoms with Crippen LogP contribution in [0.4, 0.5) is 48.1 Å². The molecule has 1 aliphatic carbocycles. The molecule has 1 aliphatic heterocycles. The molecule has 3 aromatic rings. The fraction of sp³-hybridized carbons (Fsp3) is 0.545. The molecule has 8 nitrogen and oxygen atoms in total. The maximum absolute atomic E-state index is 14.0. The second-order valence-electron chi connectivity index (χ2n) is 13.4. The van der Waals surface area contributed by atoms with Crippen molar-refractivity contribution in [3.8, 4) is 0 Å². The van der Waals surface area contributed by atoms with E-state index < -0.39 is 47.7 Å². The molecule has 1 aromatic heterocycles. The highest BCUT2D eigenvalue weighted by atomic mass is 35.5. The highest BCUT2D eigenvalue weighted by molar-refractivity contribution is 6.39. The number of nitrogens with one attached hydrogen (secondary N) is 3. The van der Waals surface area contributed by atoms with Crippen LogP contribution in [0.25, 0.3) is 11.0 Å². The second kappa shape index (κ2) is 14.3. The Labute approximate surface area is 294 Å². The third-order valence-corrected chi connectivity index (χ3v) is 10.2. The molecule has 274 valence electrons. The molecule has 2 heterocycles. The van der Waals surface area contributed by atoms with E-state index in [1.165, 1.54) is 12.1 Å². The van der Waals surface area contributed by atoms with Crippen molar-refractivity contribution in [3.63, 3.8) is 0 Å². The number of amides is 2. The summed E-state index contributed by atoms with van der Waals surface area (Å²) < 4.78 is 95.7. The molecule has 0 bridgehead atoms. The number of aryl methyl sites for hydroxylation is 1. The zero-order valence-electron chi connectivity index (χ0n) is 27.5. The summed E-state index contributed by atoms with van der Waals surface area (Å²) >= 11 is 13.1. The molecular formula is C33H37Cl2F7N6O2. The summed E-state index contributed by atoms with van der Waals surface area (Å²) in [5.41, 5.74) is -0.0710. The first-order chi connectivity index (χ1) is 23.2. The van der Waals surface area contributed by atoms with Gasteiger partial charge in [0.2, 0.25) is 5.95 Å². The predicted octanol–water partition coefficient (Wildman–Crippen LogP) is 8.62. The number of fused-ring (bicyclic) bond motifs is 1. The molecule has 2 aliphatic rings. The van der Waals surface area contributed by atoms with Gasteiger partial charge in [0, 0.05) is 32.7 Å². The first-order valence-electron chi connectivity index (χ1n) is 16.1. The summed E-state index contributed by atoms with van der Waals surface area (Å²) in [5, 5.41) is 8.74. The number of anilines is 3. The van der Waals surface area contributed by atoms with E-state index in [0.717, 1.165) is 13.8 Å². The molecule has 5 rings (SSSR count). The molecule has 1 saturated carbocycles. The lowest BCUT2D eigenvalue weighted by Crippen LogP contribution is -2.42. The lowest BCUT2D eigenvalue weighted by Gasteiger charge is -2.35. The number of halogens is 9. The number of benzene rings is 2. The Hall–Kier alpha value is -3.46. The van der Waals surface area contributed by atoms with E-state index in [2.05, 4.69) is 20.9 Å². The van der Waals surface area contributed by atoms with Crippen molar-refractivity contribution in [2.75, 3.05) is 23.3 Å². The number of hydrogen-bond donors (Lipinski definition) is 3. The zero-order chi connectivity index (χ0) is 36.8. The third kappa shape index (κ3) is 8.35. The summed E-state index contributed by atoms with van der Waals surface area (Å²) in [6, 6.07) is 5.78. The largest absolute Gasteiger partial charge is 0.391 e. The van der Waals surface area contributed by atoms with Crippen molar-refractivity contribution in [3.05, 3.63) is 45.4 Å². The van der Waals surface area contributed by atoms with Crippen molar-refractivity contribution >= 4 is 63.4 Å². The van der Waals surface area contributed by atoms with Gasteiger partial charge < -0.3 is 25.4 Å². The second-order valence-corrected chi connectivity index (χ2v) is 14.2. The smallest absolute Gasteiger partial charge is 0.371 e. The van der Waals surface area contributed by atoms with E-state index >= 15 is 0 Å². The van der Waals surface area contributed by atoms with Crippen LogP contribution < -0.4 is 20.9 Å². The number of alkyl halides is 7. The van der Waals surface area contributed by atoms with E-state index in [1.807, 2.05) is 0 Å². The molecule has 0 radical (unpaired) electrons. The Bertz CT molecular complexity index is 1740. The van der Waals surface area contributed by atoms with Crippen LogP contribution in [0.2, 0.25) is 10.0 Å². The number of rotatable bonds is 8. The number of hydrogen-bond acceptors (Lipinski definition) is 5. The average molecular weight is 754 g/mol. The Morgan fingerprint density at radius 3 is 2.08 bits per heavy atom. The molecule has 50 heavy (non-hydrogen) atoms. The molecule has 17 heteroatoms. The Balaban J connectivity index is 1.45. The van der Waals surface area contributed by atoms with Gasteiger partial charge >= 0.3 is 12.4 Å². The van der Waals surface area contributed by atoms with Gasteiger partial charge in [0.15, 0.2) is 5.67 Å². The highest BCUT2D eigenvalue weighted by Gasteiger charge is 2.43. The molecule has 0 spiro atoms. The molecule has 0 unspecified atom stereocenters. The fourth-order valence-electron chi connectivity index (χ4n) is 6.40. The van der Waals surface area contributed by atoms with Crippen molar-refractivity contribution in [2.24, 2.45) is 18.9 Å². The lowest BCUT2D eigenvalue weighted by atomic mass is 9.85. The molecule has 2 aromatic carbocycles. The van der Waals surface area contributed by atoms with Crippen LogP contribution in [0.1, 0.15) is 68.3 Å². The van der Waals surface area contributed by atoms with Crippen molar-refractivity contribution in [1.82, 2.24) is 20.2 Å². The van der Waals surface area contributed by atoms with Gasteiger partial charge in [-0.25, -0.2) is 9.37 Å². The van der Waals surface area contributed by atoms with Crippen LogP contribution in [-0.2, 0) is 18.4 Å². The van der Waals surface area contributed by atoms with Crippen LogP contribution in [0.5, 0.6) is 0 Å². The summed E-state index contributed by atoms with van der Waals surface area (Å²) in [5.74, 6) is -4.06. The van der Waals surface area contributed by atoms with Gasteiger partial charge in [-0.05, 0) is 76.1 Å². The summed E-state index contributed by atoms with van der Waals surface area (Å²) in [7, 11) is 1.67. The Morgan fingerprint density at radius 2 is 1.50 bits per heavy atom. The quantitative estimate of drug-likeness (QED) is 0.201. The van der Waals surface area contributed by atoms with Gasteiger partial charge in [0.05, 0.1) is 49.9 Å². The van der Waals surface area contributed by atoms with Crippen LogP contribution >= 0.6 is 23.2 Å². The van der Waals surface area contributed by atoms with Crippen molar-refractivity contribution < 1.29 is 40.3 Å². The maximum atomic E-state index is 14.0. The molecule has 1 saturated heterocycles. The van der Waals surface area contributed by atoms with Gasteiger partial charge in [-0.1, -0.05) is 29.3 Å². The molecule has 0 atom stereocenters. The fourth-order valence-corrected chi connectivity index (χ4v) is 6.93. The van der Waals surface area contributed by atoms with Crippen molar-refractivity contribution in [2.45, 2.75) is 83.0 Å². The van der Waals surface area contributed by atoms with E-state index in [0.29, 0.717) is 22.3 Å². The van der Waals surface area contributed by atoms with E-state index in [-0.39, 0.29) is 85.4 Å². The normalized spacial score (nSPS) is 19.5. The van der Waals surface area contributed by atoms with Gasteiger partial charge in [0.25, 0.3) is 11.8 Å². The summed E-state index contributed by atoms with van der Waals surface area (Å²) in [4.78, 5) is 32.1. The molecule has 2 amide bonds. The van der Waals surface area contributed by atoms with Gasteiger partial charge in [-0.15, -0.1) is 0 Å². The number of carbonyl (C=O) groups is 2. The minimum Gasteiger partial charge on any atom is -0.371 e. The van der Waals surface area contributed by atoms with Crippen LogP contribution in [0.15, 0.2) is 24.3 Å². The number of nitrogens with zero attached hydrogens (tertiary/aromatic N) is 3. The number of piperidine rings is 1. The molecule has 3 N–H and O–H groups in total. The highest BCUT2D eigenvalue weighted by Crippen LogP contribution is 2.40. The minimum atomic E-state index is -4.34. The topological polar surface area (TPSA) is 91.3 Å². The number of carbonyl (C=O) groups excluding carboxylic acids is 2. The molecule has 2 fully saturated rings. The first-order valence-corrected chi connectivity index (χ1v) is 16.9. The molecular weight excluding hydrogens is 716 g/mol. The first kappa shape index (κ1) is 37.8. The van der Waals surface area contributed by atoms with Gasteiger partial charge in [-0.3, -0.25) is 9.59 Å². The summed E-state index contributed by atoms with van der Waals surface area (Å²) in [6.45, 7) is 2.22. The third-order valence-electron chi connectivity index (χ3n) is 9.45. The predicted molar refractivity (Wildman–Crippen MR) is 178 cm³/mol. The average Bonchev–Trinajstić information content (AvgIpc) is 3.34. The monoisotopic (exact) mass is 752 g/mol. The number of aromatic nitrogens is 2. The van der Waals surface area contributed by atoms with E-state index in [1.54, 1.807) is 28.6 Å². The van der Waals surface area contributed by atoms with E-state index in [4.69, 9.17) is 23.2 Å². The number of imidazole rings is 1. The van der Waals surface area contributed by atoms with Gasteiger partial charge in [0.1, 0.15) is 0 Å². The van der Waals surface area contributed by atoms with E-state index in [9.17, 15) is 40.3 Å². The zero-order valence-corrected chi connectivity index (χ0v) is 29.0. The lowest BCUT2D eigenvalue weighted by molar-refractivity contribution is -0.182. The SMILES string of the molecule is Cn1c(Nc2c(Cl)ccc(CNC(=O)C(C)(C)F)c2Cl)nc2cc(C(=O)N[C@H]3CC[C@@H](C(F)(F)F)CC3)c(N3CCC(C(F)(F)F)CC3)cc21. The Kier molecular flexibility index (Phi) is 10.8. The van der Waals surface area contributed by atoms with Crippen LogP contribution in [-0.4, -0.2) is 58.5 Å². The Morgan fingerprint density at radius 1 is 0.900 bits per heavy atom. The summed E-state index contributed by atoms with van der Waals surface area (Å²) in [6.07, 6.45) is -8.95. The van der Waals surface area contributed by atoms with Crippen LogP contribution in [0.3, 0.4) is 0 Å². The van der Waals surface area contributed by atoms with Crippen LogP contribution in [0, 0.1) is 11.8 Å². The maximum Gasteiger partial charge on any atom is 0.391 e. The standard InChI is InChI=1S/C33H37Cl2F7N6O2/c1-31(2,36)29(50)43-16-17-4-9-22(34)27(26(17)35)46-30-45-23-14-21(28(49)44-20-7-5-18(6-8-20)32(37,38)39)24(15-25(23)47(30)3)48-12-10-19(11-13-48)33(40,41)42/h4,9,14-15,18-20H,5-8,10-13,16H2,1-3H3,(H,43,50)(H,44,49)(H,45,46)/t18-,20+.